The smallest absolute Gasteiger partial charge is 0.231 e. The molecule has 1 atom stereocenters. The minimum absolute atomic E-state index is 0.120. The van der Waals surface area contributed by atoms with Crippen LogP contribution >= 0.6 is 23.1 Å². The van der Waals surface area contributed by atoms with Crippen molar-refractivity contribution in [2.75, 3.05) is 11.4 Å². The van der Waals surface area contributed by atoms with Crippen LogP contribution in [-0.4, -0.2) is 28.6 Å². The summed E-state index contributed by atoms with van der Waals surface area (Å²) in [5.41, 5.74) is 0. The number of amides is 1. The number of nitrogens with zero attached hydrogens (tertiary/aromatic N) is 3. The number of aromatic nitrogens is 1. The van der Waals surface area contributed by atoms with Gasteiger partial charge in [-0.3, -0.25) is 9.69 Å². The number of anilines is 1. The van der Waals surface area contributed by atoms with Crippen LogP contribution in [0.5, 0.6) is 0 Å². The molecule has 1 aromatic rings. The van der Waals surface area contributed by atoms with E-state index in [0.29, 0.717) is 11.7 Å². The number of thiazole rings is 1. The van der Waals surface area contributed by atoms with Crippen LogP contribution in [0.4, 0.5) is 5.13 Å². The Kier molecular flexibility index (Phi) is 2.90. The second-order valence-electron chi connectivity index (χ2n) is 3.02. The Labute approximate surface area is 94.3 Å². The first-order valence-corrected chi connectivity index (χ1v) is 5.84. The highest BCUT2D eigenvalue weighted by Crippen LogP contribution is 2.31. The molecule has 0 radical (unpaired) electrons. The highest BCUT2D eigenvalue weighted by atomic mass is 32.2. The van der Waals surface area contributed by atoms with E-state index < -0.39 is 6.10 Å². The van der Waals surface area contributed by atoms with Crippen LogP contribution in [0.25, 0.3) is 0 Å². The number of carbonyl (C=O) groups is 1. The maximum absolute atomic E-state index is 11.4. The van der Waals surface area contributed by atoms with E-state index in [2.05, 4.69) is 4.98 Å². The molecule has 7 heteroatoms. The number of β-amino-alcohol motifs (C(OH)–C–C–N with tert-alkyl or cyclic N) is 1. The molecule has 1 aromatic heterocycles. The number of nitriles is 1. The lowest BCUT2D eigenvalue weighted by Gasteiger charge is -2.10. The van der Waals surface area contributed by atoms with Gasteiger partial charge in [0, 0.05) is 11.8 Å². The predicted octanol–water partition coefficient (Wildman–Crippen LogP) is 0.814. The van der Waals surface area contributed by atoms with Crippen LogP contribution < -0.4 is 4.90 Å². The number of hydrogen-bond acceptors (Lipinski definition) is 6. The van der Waals surface area contributed by atoms with Crippen molar-refractivity contribution in [3.63, 3.8) is 0 Å². The third-order valence-electron chi connectivity index (χ3n) is 1.95. The predicted molar refractivity (Wildman–Crippen MR) is 56.6 cm³/mol. The molecule has 15 heavy (non-hydrogen) atoms. The second kappa shape index (κ2) is 4.18. The van der Waals surface area contributed by atoms with Gasteiger partial charge in [-0.15, -0.1) is 0 Å². The third kappa shape index (κ3) is 2.12. The van der Waals surface area contributed by atoms with Gasteiger partial charge in [-0.1, -0.05) is 11.3 Å². The zero-order valence-corrected chi connectivity index (χ0v) is 9.22. The molecule has 0 aromatic carbocycles. The lowest BCUT2D eigenvalue weighted by molar-refractivity contribution is -0.117. The topological polar surface area (TPSA) is 77.2 Å². The van der Waals surface area contributed by atoms with Gasteiger partial charge in [-0.05, 0) is 0 Å². The van der Waals surface area contributed by atoms with Gasteiger partial charge in [0.15, 0.2) is 5.13 Å². The second-order valence-corrected chi connectivity index (χ2v) is 5.11. The van der Waals surface area contributed by atoms with E-state index >= 15 is 0 Å². The summed E-state index contributed by atoms with van der Waals surface area (Å²) in [6.45, 7) is 0.295. The molecule has 0 bridgehead atoms. The Balaban J connectivity index is 2.16. The molecule has 2 heterocycles. The first-order valence-electron chi connectivity index (χ1n) is 4.21. The summed E-state index contributed by atoms with van der Waals surface area (Å²) in [5, 5.41) is 20.3. The van der Waals surface area contributed by atoms with Crippen molar-refractivity contribution in [3.8, 4) is 5.40 Å². The molecule has 1 aliphatic heterocycles. The van der Waals surface area contributed by atoms with Crippen molar-refractivity contribution in [2.24, 2.45) is 0 Å². The van der Waals surface area contributed by atoms with Gasteiger partial charge in [0.05, 0.1) is 29.5 Å². The van der Waals surface area contributed by atoms with Crippen LogP contribution in [0.2, 0.25) is 0 Å². The minimum Gasteiger partial charge on any atom is -0.391 e. The fourth-order valence-corrected chi connectivity index (χ4v) is 2.72. The Morgan fingerprint density at radius 1 is 1.80 bits per heavy atom. The van der Waals surface area contributed by atoms with Gasteiger partial charge < -0.3 is 5.11 Å². The van der Waals surface area contributed by atoms with Crippen molar-refractivity contribution in [2.45, 2.75) is 16.7 Å². The molecule has 0 saturated carbocycles. The molecule has 0 spiro atoms. The van der Waals surface area contributed by atoms with Crippen molar-refractivity contribution < 1.29 is 9.90 Å². The molecule has 1 aliphatic rings. The number of hydrogen-bond donors (Lipinski definition) is 1. The number of rotatable bonds is 2. The summed E-state index contributed by atoms with van der Waals surface area (Å²) < 4.78 is 0.752. The van der Waals surface area contributed by atoms with Crippen molar-refractivity contribution in [1.82, 2.24) is 4.98 Å². The third-order valence-corrected chi connectivity index (χ3v) is 3.67. The molecular formula is C8H7N3O2S2. The normalized spacial score (nSPS) is 20.7. The van der Waals surface area contributed by atoms with E-state index in [1.807, 2.05) is 5.40 Å². The van der Waals surface area contributed by atoms with E-state index in [1.54, 1.807) is 6.20 Å². The molecule has 0 aliphatic carbocycles. The standard InChI is InChI=1S/C8H7N3O2S2/c9-4-14-7-2-10-8(15-7)11-3-5(12)1-6(11)13/h2,5,12H,1,3H2. The average molecular weight is 241 g/mol. The van der Waals surface area contributed by atoms with Gasteiger partial charge in [-0.2, -0.15) is 5.26 Å². The van der Waals surface area contributed by atoms with Crippen LogP contribution in [0, 0.1) is 10.7 Å². The van der Waals surface area contributed by atoms with E-state index in [9.17, 15) is 9.90 Å². The number of carbonyl (C=O) groups excluding carboxylic acids is 1. The van der Waals surface area contributed by atoms with Crippen LogP contribution in [-0.2, 0) is 4.79 Å². The number of thioether (sulfide) groups is 1. The molecule has 1 unspecified atom stereocenters. The van der Waals surface area contributed by atoms with Crippen LogP contribution in [0.1, 0.15) is 6.42 Å². The minimum atomic E-state index is -0.603. The molecule has 2 rings (SSSR count). The molecule has 78 valence electrons. The zero-order chi connectivity index (χ0) is 10.8. The van der Waals surface area contributed by atoms with E-state index in [4.69, 9.17) is 5.26 Å². The van der Waals surface area contributed by atoms with E-state index in [0.717, 1.165) is 16.0 Å². The maximum Gasteiger partial charge on any atom is 0.231 e. The number of aliphatic hydroxyl groups is 1. The first kappa shape index (κ1) is 10.4. The van der Waals surface area contributed by atoms with Crippen LogP contribution in [0.15, 0.2) is 10.4 Å². The molecule has 1 N–H and O–H groups in total. The summed E-state index contributed by atoms with van der Waals surface area (Å²) in [6.07, 6.45) is 1.11. The van der Waals surface area contributed by atoms with Gasteiger partial charge in [0.2, 0.25) is 5.91 Å². The monoisotopic (exact) mass is 241 g/mol. The SMILES string of the molecule is N#CSc1cnc(N2CC(O)CC2=O)s1. The Bertz CT molecular complexity index is 426. The molecule has 1 saturated heterocycles. The first-order chi connectivity index (χ1) is 7.20. The average Bonchev–Trinajstić information content (AvgIpc) is 2.73. The molecule has 5 nitrogen and oxygen atoms in total. The molecular weight excluding hydrogens is 234 g/mol. The Morgan fingerprint density at radius 3 is 3.20 bits per heavy atom. The molecule has 1 amide bonds. The van der Waals surface area contributed by atoms with Crippen molar-refractivity contribution in [3.05, 3.63) is 6.20 Å². The Morgan fingerprint density at radius 2 is 2.60 bits per heavy atom. The fourth-order valence-electron chi connectivity index (χ4n) is 1.34. The van der Waals surface area contributed by atoms with E-state index in [-0.39, 0.29) is 12.3 Å². The lowest BCUT2D eigenvalue weighted by atomic mass is 10.3. The van der Waals surface area contributed by atoms with E-state index in [1.165, 1.54) is 16.2 Å². The Hall–Kier alpha value is -1.10. The van der Waals surface area contributed by atoms with Gasteiger partial charge in [-0.25, -0.2) is 4.98 Å². The summed E-state index contributed by atoms with van der Waals surface area (Å²) in [5.74, 6) is -0.120. The van der Waals surface area contributed by atoms with Crippen LogP contribution in [0.3, 0.4) is 0 Å². The highest BCUT2D eigenvalue weighted by Gasteiger charge is 2.30. The lowest BCUT2D eigenvalue weighted by Crippen LogP contribution is -2.24. The van der Waals surface area contributed by atoms with Crippen molar-refractivity contribution >= 4 is 34.1 Å². The highest BCUT2D eigenvalue weighted by molar-refractivity contribution is 8.05. The zero-order valence-electron chi connectivity index (χ0n) is 7.58. The van der Waals surface area contributed by atoms with Gasteiger partial charge >= 0.3 is 0 Å². The summed E-state index contributed by atoms with van der Waals surface area (Å²) in [7, 11) is 0. The number of aliphatic hydroxyl groups excluding tert-OH is 1. The summed E-state index contributed by atoms with van der Waals surface area (Å²) in [6, 6.07) is 0. The maximum atomic E-state index is 11.4. The molecule has 1 fully saturated rings. The van der Waals surface area contributed by atoms with Gasteiger partial charge in [0.1, 0.15) is 5.40 Å². The fraction of sp³-hybridized carbons (Fsp3) is 0.375. The summed E-state index contributed by atoms with van der Waals surface area (Å²) >= 11 is 2.30. The van der Waals surface area contributed by atoms with Gasteiger partial charge in [0.25, 0.3) is 0 Å². The number of thiocyanates is 1. The summed E-state index contributed by atoms with van der Waals surface area (Å²) in [4.78, 5) is 16.9. The largest absolute Gasteiger partial charge is 0.391 e. The quantitative estimate of drug-likeness (QED) is 0.612. The van der Waals surface area contributed by atoms with Crippen molar-refractivity contribution in [1.29, 1.82) is 5.26 Å².